The highest BCUT2D eigenvalue weighted by Gasteiger charge is 2.75. The maximum Gasteiger partial charge on any atom is 0.302 e. The first-order valence-corrected chi connectivity index (χ1v) is 7.03. The van der Waals surface area contributed by atoms with Crippen molar-refractivity contribution >= 4 is 75.6 Å². The molecule has 0 N–H and O–H groups in total. The molecule has 18 heavy (non-hydrogen) atoms. The zero-order chi connectivity index (χ0) is 13.9. The lowest BCUT2D eigenvalue weighted by Crippen LogP contribution is -2.45. The third-order valence-electron chi connectivity index (χ3n) is 2.95. The largest absolute Gasteiger partial charge is 0.461 e. The Labute approximate surface area is 134 Å². The number of carbonyl (C=O) groups excluding carboxylic acids is 1. The standard InChI is InChI=1S/C10H6Cl6O2/c1-4(17)18-3-5-2-8(13)6(11)7(12)9(5,14)10(8,15)16/h2H,3H2,1H3/t8-,9+/m0/s1. The second kappa shape index (κ2) is 4.34. The van der Waals surface area contributed by atoms with Crippen molar-refractivity contribution in [2.45, 2.75) is 21.0 Å². The summed E-state index contributed by atoms with van der Waals surface area (Å²) < 4.78 is 3.23. The van der Waals surface area contributed by atoms with Crippen molar-refractivity contribution in [1.29, 1.82) is 0 Å². The predicted octanol–water partition coefficient (Wildman–Crippen LogP) is 4.32. The van der Waals surface area contributed by atoms with Crippen LogP contribution in [-0.4, -0.2) is 26.7 Å². The summed E-state index contributed by atoms with van der Waals surface area (Å²) in [7, 11) is 0. The average Bonchev–Trinajstić information content (AvgIpc) is 2.48. The molecule has 0 saturated heterocycles. The lowest BCUT2D eigenvalue weighted by Gasteiger charge is -2.33. The normalized spacial score (nSPS) is 36.9. The highest BCUT2D eigenvalue weighted by Crippen LogP contribution is 2.71. The molecule has 2 nitrogen and oxygen atoms in total. The number of hydrogen-bond donors (Lipinski definition) is 0. The predicted molar refractivity (Wildman–Crippen MR) is 75.1 cm³/mol. The summed E-state index contributed by atoms with van der Waals surface area (Å²) in [6.07, 6.45) is 1.48. The molecule has 8 heteroatoms. The molecule has 2 aliphatic carbocycles. The fourth-order valence-corrected chi connectivity index (χ4v) is 4.53. The van der Waals surface area contributed by atoms with Crippen LogP contribution >= 0.6 is 69.6 Å². The lowest BCUT2D eigenvalue weighted by molar-refractivity contribution is -0.140. The summed E-state index contributed by atoms with van der Waals surface area (Å²) in [6, 6.07) is 0. The van der Waals surface area contributed by atoms with Crippen LogP contribution in [0.4, 0.5) is 0 Å². The van der Waals surface area contributed by atoms with E-state index < -0.39 is 20.1 Å². The van der Waals surface area contributed by atoms with Gasteiger partial charge in [0.25, 0.3) is 0 Å². The summed E-state index contributed by atoms with van der Waals surface area (Å²) in [4.78, 5) is 7.94. The van der Waals surface area contributed by atoms with E-state index in [-0.39, 0.29) is 16.7 Å². The lowest BCUT2D eigenvalue weighted by atomic mass is 10.0. The van der Waals surface area contributed by atoms with E-state index in [1.165, 1.54) is 13.0 Å². The Morgan fingerprint density at radius 2 is 1.78 bits per heavy atom. The number of fused-ring (bicyclic) bond motifs is 2. The second-order valence-electron chi connectivity index (χ2n) is 4.02. The zero-order valence-corrected chi connectivity index (χ0v) is 13.4. The van der Waals surface area contributed by atoms with Crippen molar-refractivity contribution in [2.75, 3.05) is 6.61 Å². The van der Waals surface area contributed by atoms with E-state index in [1.807, 2.05) is 0 Å². The molecule has 0 saturated carbocycles. The second-order valence-corrected chi connectivity index (χ2v) is 7.27. The minimum absolute atomic E-state index is 0.0514. The molecule has 100 valence electrons. The molecule has 0 amide bonds. The monoisotopic (exact) mass is 368 g/mol. The zero-order valence-electron chi connectivity index (χ0n) is 8.87. The van der Waals surface area contributed by atoms with Gasteiger partial charge in [-0.2, -0.15) is 0 Å². The van der Waals surface area contributed by atoms with Crippen molar-refractivity contribution in [3.05, 3.63) is 21.7 Å². The highest BCUT2D eigenvalue weighted by atomic mass is 35.5. The summed E-state index contributed by atoms with van der Waals surface area (Å²) in [5, 5.41) is 0.132. The number of carbonyl (C=O) groups is 1. The molecule has 0 radical (unpaired) electrons. The van der Waals surface area contributed by atoms with Crippen molar-refractivity contribution < 1.29 is 9.53 Å². The molecule has 2 bridgehead atoms. The van der Waals surface area contributed by atoms with Gasteiger partial charge >= 0.3 is 5.97 Å². The molecule has 0 aromatic carbocycles. The Balaban J connectivity index is 2.45. The van der Waals surface area contributed by atoms with Crippen molar-refractivity contribution in [1.82, 2.24) is 0 Å². The minimum Gasteiger partial charge on any atom is -0.461 e. The van der Waals surface area contributed by atoms with Gasteiger partial charge in [-0.25, -0.2) is 0 Å². The Hall–Kier alpha value is 0.690. The molecule has 0 aliphatic heterocycles. The number of halogens is 6. The Morgan fingerprint density at radius 1 is 1.22 bits per heavy atom. The van der Waals surface area contributed by atoms with Crippen LogP contribution in [0, 0.1) is 0 Å². The SMILES string of the molecule is CC(=O)OCC1=C[C@]2(Cl)C(Cl)=C(Cl)[C@@]1(Cl)C2(Cl)Cl. The van der Waals surface area contributed by atoms with Gasteiger partial charge in [0, 0.05) is 6.92 Å². The van der Waals surface area contributed by atoms with Gasteiger partial charge in [-0.15, -0.1) is 23.2 Å². The maximum absolute atomic E-state index is 10.8. The van der Waals surface area contributed by atoms with Gasteiger partial charge in [-0.05, 0) is 5.57 Å². The molecule has 2 atom stereocenters. The van der Waals surface area contributed by atoms with Crippen molar-refractivity contribution in [2.24, 2.45) is 0 Å². The van der Waals surface area contributed by atoms with Gasteiger partial charge in [-0.3, -0.25) is 4.79 Å². The molecule has 0 fully saturated rings. The van der Waals surface area contributed by atoms with Crippen LogP contribution in [0.5, 0.6) is 0 Å². The fraction of sp³-hybridized carbons (Fsp3) is 0.500. The molecule has 0 aromatic heterocycles. The van der Waals surface area contributed by atoms with Crippen molar-refractivity contribution in [3.8, 4) is 0 Å². The molecule has 0 spiro atoms. The fourth-order valence-electron chi connectivity index (χ4n) is 1.99. The third-order valence-corrected chi connectivity index (χ3v) is 7.05. The van der Waals surface area contributed by atoms with Crippen LogP contribution in [-0.2, 0) is 9.53 Å². The van der Waals surface area contributed by atoms with Gasteiger partial charge in [0.1, 0.15) is 16.4 Å². The molecule has 2 aliphatic rings. The van der Waals surface area contributed by atoms with Gasteiger partial charge in [-0.1, -0.05) is 52.5 Å². The molecule has 0 unspecified atom stereocenters. The summed E-state index contributed by atoms with van der Waals surface area (Å²) in [6.45, 7) is 1.17. The Kier molecular flexibility index (Phi) is 3.64. The number of esters is 1. The topological polar surface area (TPSA) is 26.3 Å². The van der Waals surface area contributed by atoms with E-state index >= 15 is 0 Å². The Bertz CT molecular complexity index is 497. The molecule has 0 heterocycles. The van der Waals surface area contributed by atoms with Crippen LogP contribution in [0.1, 0.15) is 6.92 Å². The van der Waals surface area contributed by atoms with E-state index in [9.17, 15) is 4.79 Å². The van der Waals surface area contributed by atoms with E-state index in [0.717, 1.165) is 0 Å². The van der Waals surface area contributed by atoms with Crippen LogP contribution in [0.3, 0.4) is 0 Å². The Morgan fingerprint density at radius 3 is 2.17 bits per heavy atom. The quantitative estimate of drug-likeness (QED) is 0.411. The van der Waals surface area contributed by atoms with Gasteiger partial charge in [0.05, 0.1) is 10.1 Å². The number of rotatable bonds is 2. The first kappa shape index (κ1) is 15.1. The summed E-state index contributed by atoms with van der Waals surface area (Å²) in [5.74, 6) is -0.469. The smallest absolute Gasteiger partial charge is 0.302 e. The van der Waals surface area contributed by atoms with Crippen LogP contribution in [0.15, 0.2) is 21.7 Å². The van der Waals surface area contributed by atoms with Gasteiger partial charge < -0.3 is 4.74 Å². The molecular weight excluding hydrogens is 365 g/mol. The maximum atomic E-state index is 10.8. The van der Waals surface area contributed by atoms with Crippen LogP contribution in [0.25, 0.3) is 0 Å². The minimum atomic E-state index is -1.65. The highest BCUT2D eigenvalue weighted by molar-refractivity contribution is 6.66. The molecule has 2 rings (SSSR count). The van der Waals surface area contributed by atoms with Crippen LogP contribution in [0.2, 0.25) is 0 Å². The summed E-state index contributed by atoms with van der Waals surface area (Å²) >= 11 is 37.2. The number of hydrogen-bond acceptors (Lipinski definition) is 2. The van der Waals surface area contributed by atoms with E-state index in [2.05, 4.69) is 0 Å². The molecular formula is C10H6Cl6O2. The number of ether oxygens (including phenoxy) is 1. The van der Waals surface area contributed by atoms with Gasteiger partial charge in [0.2, 0.25) is 0 Å². The number of allylic oxidation sites excluding steroid dienone is 3. The first-order chi connectivity index (χ1) is 8.09. The summed E-state index contributed by atoms with van der Waals surface area (Å²) in [5.41, 5.74) is 0.411. The van der Waals surface area contributed by atoms with E-state index in [0.29, 0.717) is 5.57 Å². The van der Waals surface area contributed by atoms with Crippen LogP contribution < -0.4 is 0 Å². The third kappa shape index (κ3) is 1.60. The first-order valence-electron chi connectivity index (χ1n) is 4.76. The van der Waals surface area contributed by atoms with Crippen molar-refractivity contribution in [3.63, 3.8) is 0 Å². The van der Waals surface area contributed by atoms with Gasteiger partial charge in [0.15, 0.2) is 4.33 Å². The number of alkyl halides is 4. The van der Waals surface area contributed by atoms with E-state index in [1.54, 1.807) is 0 Å². The molecule has 0 aromatic rings. The average molecular weight is 371 g/mol. The van der Waals surface area contributed by atoms with E-state index in [4.69, 9.17) is 74.3 Å².